The molecule has 2 atom stereocenters. The number of thiazole rings is 1. The molecule has 0 saturated heterocycles. The minimum atomic E-state index is 0.356. The Hall–Kier alpha value is -0.860. The molecule has 94 valence electrons. The van der Waals surface area contributed by atoms with Crippen LogP contribution in [0.4, 0.5) is 0 Å². The van der Waals surface area contributed by atoms with Crippen LogP contribution in [0.3, 0.4) is 0 Å². The molecular weight excluding hydrogens is 262 g/mol. The smallest absolute Gasteiger partial charge is 0.0935 e. The van der Waals surface area contributed by atoms with Gasteiger partial charge in [0.2, 0.25) is 0 Å². The van der Waals surface area contributed by atoms with Gasteiger partial charge in [-0.3, -0.25) is 0 Å². The van der Waals surface area contributed by atoms with E-state index in [9.17, 15) is 0 Å². The van der Waals surface area contributed by atoms with Crippen molar-refractivity contribution < 1.29 is 0 Å². The van der Waals surface area contributed by atoms with E-state index in [0.29, 0.717) is 11.3 Å². The zero-order valence-electron chi connectivity index (χ0n) is 10.2. The third kappa shape index (κ3) is 2.60. The molecule has 0 radical (unpaired) electrons. The number of rotatable bonds is 3. The molecule has 1 fully saturated rings. The maximum absolute atomic E-state index is 6.33. The Balaban J connectivity index is 1.74. The second kappa shape index (κ2) is 5.41. The molecule has 3 rings (SSSR count). The first-order valence-electron chi connectivity index (χ1n) is 6.47. The van der Waals surface area contributed by atoms with E-state index < -0.39 is 0 Å². The van der Waals surface area contributed by atoms with Crippen LogP contribution < -0.4 is 0 Å². The molecule has 1 aromatic heterocycles. The predicted molar refractivity (Wildman–Crippen MR) is 78.2 cm³/mol. The van der Waals surface area contributed by atoms with E-state index >= 15 is 0 Å². The number of alkyl halides is 1. The number of halogens is 1. The van der Waals surface area contributed by atoms with Gasteiger partial charge in [-0.05, 0) is 18.8 Å². The van der Waals surface area contributed by atoms with Gasteiger partial charge in [0, 0.05) is 22.7 Å². The molecule has 18 heavy (non-hydrogen) atoms. The summed E-state index contributed by atoms with van der Waals surface area (Å²) in [5.74, 6) is 0.626. The summed E-state index contributed by atoms with van der Waals surface area (Å²) in [6.07, 6.45) is 4.75. The maximum Gasteiger partial charge on any atom is 0.0935 e. The third-order valence-corrected chi connectivity index (χ3v) is 5.07. The van der Waals surface area contributed by atoms with Crippen LogP contribution in [-0.2, 0) is 6.42 Å². The van der Waals surface area contributed by atoms with Gasteiger partial charge in [-0.1, -0.05) is 36.8 Å². The van der Waals surface area contributed by atoms with Crippen molar-refractivity contribution in [3.63, 3.8) is 0 Å². The van der Waals surface area contributed by atoms with E-state index in [1.165, 1.54) is 29.8 Å². The van der Waals surface area contributed by atoms with Crippen molar-refractivity contribution in [2.45, 2.75) is 31.1 Å². The molecule has 0 amide bonds. The van der Waals surface area contributed by atoms with E-state index in [2.05, 4.69) is 29.6 Å². The van der Waals surface area contributed by atoms with Crippen molar-refractivity contribution in [2.24, 2.45) is 5.92 Å². The normalized spacial score (nSPS) is 23.4. The van der Waals surface area contributed by atoms with Crippen molar-refractivity contribution in [1.29, 1.82) is 0 Å². The lowest BCUT2D eigenvalue weighted by molar-refractivity contribution is 0.551. The monoisotopic (exact) mass is 277 g/mol. The van der Waals surface area contributed by atoms with E-state index in [4.69, 9.17) is 16.6 Å². The van der Waals surface area contributed by atoms with Gasteiger partial charge in [0.25, 0.3) is 0 Å². The molecule has 1 aliphatic rings. The number of hydrogen-bond acceptors (Lipinski definition) is 2. The SMILES string of the molecule is ClC1CCCC1Cc1nc(-c2ccccc2)cs1. The summed E-state index contributed by atoms with van der Waals surface area (Å²) in [5, 5.41) is 3.74. The van der Waals surface area contributed by atoms with Gasteiger partial charge in [-0.15, -0.1) is 22.9 Å². The van der Waals surface area contributed by atoms with E-state index in [-0.39, 0.29) is 0 Å². The Morgan fingerprint density at radius 3 is 2.78 bits per heavy atom. The van der Waals surface area contributed by atoms with Crippen molar-refractivity contribution in [3.05, 3.63) is 40.7 Å². The second-order valence-electron chi connectivity index (χ2n) is 4.90. The number of nitrogens with zero attached hydrogens (tertiary/aromatic N) is 1. The van der Waals surface area contributed by atoms with Gasteiger partial charge in [-0.2, -0.15) is 0 Å². The Morgan fingerprint density at radius 2 is 2.06 bits per heavy atom. The summed E-state index contributed by atoms with van der Waals surface area (Å²) in [4.78, 5) is 4.74. The molecular formula is C15H16ClNS. The molecule has 2 unspecified atom stereocenters. The molecule has 0 bridgehead atoms. The molecule has 1 nitrogen and oxygen atoms in total. The maximum atomic E-state index is 6.33. The van der Waals surface area contributed by atoms with Crippen molar-refractivity contribution >= 4 is 22.9 Å². The summed E-state index contributed by atoms with van der Waals surface area (Å²) in [5.41, 5.74) is 2.30. The first-order valence-corrected chi connectivity index (χ1v) is 7.78. The highest BCUT2D eigenvalue weighted by Gasteiger charge is 2.26. The van der Waals surface area contributed by atoms with Crippen LogP contribution in [0.2, 0.25) is 0 Å². The minimum absolute atomic E-state index is 0.356. The fraction of sp³-hybridized carbons (Fsp3) is 0.400. The van der Waals surface area contributed by atoms with E-state index in [0.717, 1.165) is 12.1 Å². The molecule has 1 heterocycles. The van der Waals surface area contributed by atoms with Crippen molar-refractivity contribution in [2.75, 3.05) is 0 Å². The van der Waals surface area contributed by atoms with E-state index in [1.807, 2.05) is 6.07 Å². The molecule has 1 aliphatic carbocycles. The highest BCUT2D eigenvalue weighted by Crippen LogP contribution is 2.34. The Bertz CT molecular complexity index is 508. The molecule has 1 aromatic carbocycles. The lowest BCUT2D eigenvalue weighted by Gasteiger charge is -2.10. The summed E-state index contributed by atoms with van der Waals surface area (Å²) in [6.45, 7) is 0. The predicted octanol–water partition coefficient (Wildman–Crippen LogP) is 4.76. The van der Waals surface area contributed by atoms with Gasteiger partial charge < -0.3 is 0 Å². The highest BCUT2D eigenvalue weighted by atomic mass is 35.5. The minimum Gasteiger partial charge on any atom is -0.241 e. The van der Waals surface area contributed by atoms with Crippen LogP contribution in [0.5, 0.6) is 0 Å². The lowest BCUT2D eigenvalue weighted by atomic mass is 10.0. The number of hydrogen-bond donors (Lipinski definition) is 0. The molecule has 0 N–H and O–H groups in total. The second-order valence-corrected chi connectivity index (χ2v) is 6.41. The highest BCUT2D eigenvalue weighted by molar-refractivity contribution is 7.09. The quantitative estimate of drug-likeness (QED) is 0.737. The topological polar surface area (TPSA) is 12.9 Å². The lowest BCUT2D eigenvalue weighted by Crippen LogP contribution is -2.09. The van der Waals surface area contributed by atoms with Crippen molar-refractivity contribution in [3.8, 4) is 11.3 Å². The molecule has 1 saturated carbocycles. The van der Waals surface area contributed by atoms with Crippen LogP contribution >= 0.6 is 22.9 Å². The summed E-state index contributed by atoms with van der Waals surface area (Å²) >= 11 is 8.09. The largest absolute Gasteiger partial charge is 0.241 e. The fourth-order valence-electron chi connectivity index (χ4n) is 2.59. The van der Waals surface area contributed by atoms with Crippen LogP contribution in [0.1, 0.15) is 24.3 Å². The zero-order valence-corrected chi connectivity index (χ0v) is 11.8. The van der Waals surface area contributed by atoms with Crippen LogP contribution in [0.25, 0.3) is 11.3 Å². The molecule has 0 aliphatic heterocycles. The van der Waals surface area contributed by atoms with Crippen LogP contribution in [0, 0.1) is 5.92 Å². The van der Waals surface area contributed by atoms with Gasteiger partial charge in [-0.25, -0.2) is 4.98 Å². The van der Waals surface area contributed by atoms with Gasteiger partial charge in [0.15, 0.2) is 0 Å². The molecule has 0 spiro atoms. The third-order valence-electron chi connectivity index (χ3n) is 3.62. The van der Waals surface area contributed by atoms with Gasteiger partial charge >= 0.3 is 0 Å². The zero-order chi connectivity index (χ0) is 12.4. The molecule has 2 aromatic rings. The Morgan fingerprint density at radius 1 is 1.22 bits per heavy atom. The van der Waals surface area contributed by atoms with E-state index in [1.54, 1.807) is 11.3 Å². The summed E-state index contributed by atoms with van der Waals surface area (Å²) < 4.78 is 0. The Labute approximate surface area is 117 Å². The van der Waals surface area contributed by atoms with Crippen LogP contribution in [-0.4, -0.2) is 10.4 Å². The first kappa shape index (κ1) is 12.2. The van der Waals surface area contributed by atoms with Gasteiger partial charge in [0.05, 0.1) is 10.7 Å². The van der Waals surface area contributed by atoms with Crippen LogP contribution in [0.15, 0.2) is 35.7 Å². The van der Waals surface area contributed by atoms with Gasteiger partial charge in [0.1, 0.15) is 0 Å². The average Bonchev–Trinajstić information content (AvgIpc) is 3.02. The standard InChI is InChI=1S/C15H16ClNS/c16-13-8-4-7-12(13)9-15-17-14(10-18-15)11-5-2-1-3-6-11/h1-3,5-6,10,12-13H,4,7-9H2. The number of aromatic nitrogens is 1. The Kier molecular flexibility index (Phi) is 3.67. The summed E-state index contributed by atoms with van der Waals surface area (Å²) in [6, 6.07) is 10.4. The van der Waals surface area contributed by atoms with Crippen molar-refractivity contribution in [1.82, 2.24) is 4.98 Å². The number of benzene rings is 1. The summed E-state index contributed by atoms with van der Waals surface area (Å²) in [7, 11) is 0. The molecule has 3 heteroatoms. The average molecular weight is 278 g/mol. The first-order chi connectivity index (χ1) is 8.83. The fourth-order valence-corrected chi connectivity index (χ4v) is 3.86.